The highest BCUT2D eigenvalue weighted by molar-refractivity contribution is 6.31. The van der Waals surface area contributed by atoms with Crippen LogP contribution in [-0.4, -0.2) is 27.7 Å². The van der Waals surface area contributed by atoms with Crippen molar-refractivity contribution in [1.29, 1.82) is 0 Å². The molecule has 2 aromatic rings. The van der Waals surface area contributed by atoms with E-state index in [1.807, 2.05) is 24.3 Å². The first-order chi connectivity index (χ1) is 10.7. The van der Waals surface area contributed by atoms with Gasteiger partial charge in [0.15, 0.2) is 11.5 Å². The molecule has 0 radical (unpaired) electrons. The molecule has 1 aliphatic rings. The van der Waals surface area contributed by atoms with Gasteiger partial charge >= 0.3 is 6.41 Å². The van der Waals surface area contributed by atoms with Gasteiger partial charge in [-0.05, 0) is 31.3 Å². The highest BCUT2D eigenvalue weighted by Crippen LogP contribution is 2.47. The van der Waals surface area contributed by atoms with Gasteiger partial charge in [-0.1, -0.05) is 11.6 Å². The molecule has 0 saturated carbocycles. The first-order valence-corrected chi connectivity index (χ1v) is 7.10. The smallest absolute Gasteiger partial charge is 0.302 e. The van der Waals surface area contributed by atoms with Gasteiger partial charge < -0.3 is 18.9 Å². The van der Waals surface area contributed by atoms with Gasteiger partial charge in [0.25, 0.3) is 0 Å². The third kappa shape index (κ3) is 2.53. The molecule has 2 aromatic carbocycles. The summed E-state index contributed by atoms with van der Waals surface area (Å²) in [5, 5.41) is 3.47. The number of rotatable bonds is 4. The fourth-order valence-corrected chi connectivity index (χ4v) is 2.57. The largest absolute Gasteiger partial charge is 0.497 e. The van der Waals surface area contributed by atoms with Crippen molar-refractivity contribution >= 4 is 11.6 Å². The second-order valence-corrected chi connectivity index (χ2v) is 5.14. The van der Waals surface area contributed by atoms with Crippen molar-refractivity contribution in [3.05, 3.63) is 35.4 Å². The van der Waals surface area contributed by atoms with Crippen molar-refractivity contribution in [1.82, 2.24) is 5.32 Å². The van der Waals surface area contributed by atoms with E-state index in [2.05, 4.69) is 5.32 Å². The standard InChI is InChI=1S/C16H16ClNO4/c1-18-16-21-14-7-9(17)6-12(15(14)22-16)11-8-10(19-2)4-5-13(11)20-3/h4-8,16,18H,1-3H3. The van der Waals surface area contributed by atoms with Crippen molar-refractivity contribution < 1.29 is 18.9 Å². The lowest BCUT2D eigenvalue weighted by atomic mass is 10.0. The van der Waals surface area contributed by atoms with Gasteiger partial charge in [0.2, 0.25) is 0 Å². The number of benzene rings is 2. The molecule has 1 N–H and O–H groups in total. The zero-order chi connectivity index (χ0) is 15.7. The van der Waals surface area contributed by atoms with Gasteiger partial charge in [-0.3, -0.25) is 5.32 Å². The Bertz CT molecular complexity index is 705. The van der Waals surface area contributed by atoms with E-state index in [-0.39, 0.29) is 0 Å². The summed E-state index contributed by atoms with van der Waals surface area (Å²) in [6.45, 7) is 0. The average Bonchev–Trinajstić information content (AvgIpc) is 2.96. The maximum absolute atomic E-state index is 6.21. The van der Waals surface area contributed by atoms with Crippen molar-refractivity contribution in [2.45, 2.75) is 6.41 Å². The minimum Gasteiger partial charge on any atom is -0.497 e. The van der Waals surface area contributed by atoms with Gasteiger partial charge in [0, 0.05) is 22.2 Å². The first-order valence-electron chi connectivity index (χ1n) is 6.72. The second-order valence-electron chi connectivity index (χ2n) is 4.70. The Morgan fingerprint density at radius 3 is 2.55 bits per heavy atom. The maximum atomic E-state index is 6.21. The van der Waals surface area contributed by atoms with Gasteiger partial charge in [0.05, 0.1) is 14.2 Å². The molecule has 0 aliphatic carbocycles. The maximum Gasteiger partial charge on any atom is 0.302 e. The third-order valence-corrected chi connectivity index (χ3v) is 3.63. The zero-order valence-corrected chi connectivity index (χ0v) is 13.2. The Morgan fingerprint density at radius 2 is 1.86 bits per heavy atom. The SMILES string of the molecule is CNC1Oc2cc(Cl)cc(-c3cc(OC)ccc3OC)c2O1. The number of fused-ring (bicyclic) bond motifs is 1. The molecule has 0 fully saturated rings. The van der Waals surface area contributed by atoms with Crippen LogP contribution in [0.3, 0.4) is 0 Å². The van der Waals surface area contributed by atoms with Crippen molar-refractivity contribution in [3.63, 3.8) is 0 Å². The molecule has 1 unspecified atom stereocenters. The summed E-state index contributed by atoms with van der Waals surface area (Å²) in [7, 11) is 4.98. The Labute approximate surface area is 133 Å². The molecule has 0 bridgehead atoms. The zero-order valence-electron chi connectivity index (χ0n) is 12.5. The molecular weight excluding hydrogens is 306 g/mol. The van der Waals surface area contributed by atoms with Crippen LogP contribution in [0.15, 0.2) is 30.3 Å². The Balaban J connectivity index is 2.17. The molecule has 0 aromatic heterocycles. The van der Waals surface area contributed by atoms with E-state index in [0.29, 0.717) is 28.0 Å². The van der Waals surface area contributed by atoms with Crippen LogP contribution in [0.2, 0.25) is 5.02 Å². The van der Waals surface area contributed by atoms with E-state index in [0.717, 1.165) is 11.1 Å². The molecule has 0 saturated heterocycles. The van der Waals surface area contributed by atoms with Crippen molar-refractivity contribution in [3.8, 4) is 34.1 Å². The van der Waals surface area contributed by atoms with E-state index < -0.39 is 6.41 Å². The number of nitrogens with one attached hydrogen (secondary N) is 1. The van der Waals surface area contributed by atoms with Crippen LogP contribution in [-0.2, 0) is 0 Å². The highest BCUT2D eigenvalue weighted by atomic mass is 35.5. The molecule has 22 heavy (non-hydrogen) atoms. The predicted molar refractivity (Wildman–Crippen MR) is 84.1 cm³/mol. The minimum absolute atomic E-state index is 0.538. The fraction of sp³-hybridized carbons (Fsp3) is 0.250. The number of hydrogen-bond acceptors (Lipinski definition) is 5. The molecule has 6 heteroatoms. The molecule has 5 nitrogen and oxygen atoms in total. The Morgan fingerprint density at radius 1 is 1.05 bits per heavy atom. The molecular formula is C16H16ClNO4. The number of methoxy groups -OCH3 is 2. The van der Waals surface area contributed by atoms with Gasteiger partial charge in [-0.2, -0.15) is 0 Å². The molecule has 1 aliphatic heterocycles. The normalized spacial score (nSPS) is 15.7. The number of hydrogen-bond donors (Lipinski definition) is 1. The summed E-state index contributed by atoms with van der Waals surface area (Å²) >= 11 is 6.21. The van der Waals surface area contributed by atoms with Crippen LogP contribution < -0.4 is 24.3 Å². The van der Waals surface area contributed by atoms with Crippen molar-refractivity contribution in [2.24, 2.45) is 0 Å². The molecule has 3 rings (SSSR count). The number of halogens is 1. The van der Waals surface area contributed by atoms with Crippen molar-refractivity contribution in [2.75, 3.05) is 21.3 Å². The molecule has 0 amide bonds. The predicted octanol–water partition coefficient (Wildman–Crippen LogP) is 3.30. The van der Waals surface area contributed by atoms with Crippen LogP contribution in [0.5, 0.6) is 23.0 Å². The summed E-state index contributed by atoms with van der Waals surface area (Å²) in [6.07, 6.45) is -0.538. The van der Waals surface area contributed by atoms with Crippen LogP contribution in [0, 0.1) is 0 Å². The van der Waals surface area contributed by atoms with Crippen LogP contribution in [0.25, 0.3) is 11.1 Å². The monoisotopic (exact) mass is 321 g/mol. The van der Waals surface area contributed by atoms with E-state index in [4.69, 9.17) is 30.5 Å². The average molecular weight is 322 g/mol. The topological polar surface area (TPSA) is 49.0 Å². The van der Waals surface area contributed by atoms with Gasteiger partial charge in [-0.25, -0.2) is 0 Å². The van der Waals surface area contributed by atoms with Crippen LogP contribution in [0.4, 0.5) is 0 Å². The summed E-state index contributed by atoms with van der Waals surface area (Å²) in [6, 6.07) is 9.10. The van der Waals surface area contributed by atoms with Gasteiger partial charge in [-0.15, -0.1) is 0 Å². The molecule has 116 valence electrons. The quantitative estimate of drug-likeness (QED) is 0.936. The summed E-state index contributed by atoms with van der Waals surface area (Å²) in [5.74, 6) is 2.62. The van der Waals surface area contributed by atoms with E-state index in [1.54, 1.807) is 27.3 Å². The molecule has 0 spiro atoms. The Kier molecular flexibility index (Phi) is 4.00. The minimum atomic E-state index is -0.538. The van der Waals surface area contributed by atoms with E-state index >= 15 is 0 Å². The number of ether oxygens (including phenoxy) is 4. The van der Waals surface area contributed by atoms with Gasteiger partial charge in [0.1, 0.15) is 11.5 Å². The van der Waals surface area contributed by atoms with Crippen LogP contribution in [0.1, 0.15) is 0 Å². The third-order valence-electron chi connectivity index (χ3n) is 3.41. The van der Waals surface area contributed by atoms with Crippen LogP contribution >= 0.6 is 11.6 Å². The summed E-state index contributed by atoms with van der Waals surface area (Å²) in [5.41, 5.74) is 1.61. The van der Waals surface area contributed by atoms with E-state index in [1.165, 1.54) is 0 Å². The fourth-order valence-electron chi connectivity index (χ4n) is 2.37. The summed E-state index contributed by atoms with van der Waals surface area (Å²) in [4.78, 5) is 0. The summed E-state index contributed by atoms with van der Waals surface area (Å²) < 4.78 is 22.2. The highest BCUT2D eigenvalue weighted by Gasteiger charge is 2.28. The van der Waals surface area contributed by atoms with E-state index in [9.17, 15) is 0 Å². The lowest BCUT2D eigenvalue weighted by molar-refractivity contribution is 0.0257. The lowest BCUT2D eigenvalue weighted by Crippen LogP contribution is -2.32. The Hall–Kier alpha value is -2.11. The molecule has 1 heterocycles. The second kappa shape index (κ2) is 5.94. The molecule has 1 atom stereocenters. The lowest BCUT2D eigenvalue weighted by Gasteiger charge is -2.13. The first kappa shape index (κ1) is 14.8.